The van der Waals surface area contributed by atoms with Gasteiger partial charge in [0.05, 0.1) is 12.1 Å². The van der Waals surface area contributed by atoms with Crippen molar-refractivity contribution >= 4 is 34.3 Å². The zero-order chi connectivity index (χ0) is 17.6. The van der Waals surface area contributed by atoms with Gasteiger partial charge in [0.25, 0.3) is 0 Å². The molecule has 0 aromatic carbocycles. The largest absolute Gasteiger partial charge is 0.480 e. The summed E-state index contributed by atoms with van der Waals surface area (Å²) >= 11 is 1.23. The molecule has 7 nitrogen and oxygen atoms in total. The van der Waals surface area contributed by atoms with Crippen LogP contribution in [-0.2, 0) is 20.8 Å². The number of nitrogens with one attached hydrogen (secondary N) is 2. The van der Waals surface area contributed by atoms with Crippen LogP contribution in [0.15, 0.2) is 5.38 Å². The topological polar surface area (TPSA) is 108 Å². The molecule has 2 atom stereocenters. The molecule has 0 fully saturated rings. The number of nitrogens with zero attached hydrogens (tertiary/aromatic N) is 1. The molecule has 0 bridgehead atoms. The van der Waals surface area contributed by atoms with E-state index in [9.17, 15) is 14.4 Å². The van der Waals surface area contributed by atoms with Crippen molar-refractivity contribution < 1.29 is 19.5 Å². The van der Waals surface area contributed by atoms with Gasteiger partial charge in [0.2, 0.25) is 11.8 Å². The Morgan fingerprint density at radius 1 is 1.30 bits per heavy atom. The van der Waals surface area contributed by atoms with Gasteiger partial charge in [-0.05, 0) is 5.92 Å². The number of amides is 2. The molecule has 0 saturated heterocycles. The monoisotopic (exact) mass is 341 g/mol. The molecule has 23 heavy (non-hydrogen) atoms. The van der Waals surface area contributed by atoms with Gasteiger partial charge in [-0.25, -0.2) is 9.78 Å². The first-order valence-electron chi connectivity index (χ1n) is 7.52. The van der Waals surface area contributed by atoms with Gasteiger partial charge >= 0.3 is 5.97 Å². The lowest BCUT2D eigenvalue weighted by molar-refractivity contribution is -0.143. The van der Waals surface area contributed by atoms with E-state index in [1.807, 2.05) is 6.92 Å². The second-order valence-corrected chi connectivity index (χ2v) is 6.59. The van der Waals surface area contributed by atoms with Crippen LogP contribution in [0.2, 0.25) is 0 Å². The Balaban J connectivity index is 2.62. The molecular formula is C15H23N3O4S. The summed E-state index contributed by atoms with van der Waals surface area (Å²) in [7, 11) is 0. The fourth-order valence-electron chi connectivity index (χ4n) is 1.77. The van der Waals surface area contributed by atoms with E-state index in [4.69, 9.17) is 5.11 Å². The molecule has 1 aromatic rings. The van der Waals surface area contributed by atoms with Gasteiger partial charge in [-0.2, -0.15) is 0 Å². The molecule has 0 radical (unpaired) electrons. The van der Waals surface area contributed by atoms with Crippen molar-refractivity contribution in [3.63, 3.8) is 0 Å². The molecular weight excluding hydrogens is 318 g/mol. The Hall–Kier alpha value is -1.96. The van der Waals surface area contributed by atoms with Crippen LogP contribution >= 0.6 is 11.3 Å². The number of anilines is 1. The number of carboxylic acids is 1. The van der Waals surface area contributed by atoms with E-state index in [-0.39, 0.29) is 24.2 Å². The maximum absolute atomic E-state index is 12.0. The van der Waals surface area contributed by atoms with Crippen molar-refractivity contribution in [2.75, 3.05) is 5.32 Å². The van der Waals surface area contributed by atoms with Crippen molar-refractivity contribution in [3.05, 3.63) is 11.1 Å². The van der Waals surface area contributed by atoms with Gasteiger partial charge in [0, 0.05) is 11.3 Å². The highest BCUT2D eigenvalue weighted by molar-refractivity contribution is 7.13. The van der Waals surface area contributed by atoms with Crippen LogP contribution in [0.25, 0.3) is 0 Å². The summed E-state index contributed by atoms with van der Waals surface area (Å²) < 4.78 is 0. The highest BCUT2D eigenvalue weighted by Crippen LogP contribution is 2.17. The third-order valence-electron chi connectivity index (χ3n) is 3.44. The summed E-state index contributed by atoms with van der Waals surface area (Å²) in [6, 6.07) is -0.911. The number of carbonyl (C=O) groups is 3. The van der Waals surface area contributed by atoms with Gasteiger partial charge in [-0.1, -0.05) is 34.1 Å². The van der Waals surface area contributed by atoms with Gasteiger partial charge in [-0.15, -0.1) is 11.3 Å². The summed E-state index contributed by atoms with van der Waals surface area (Å²) in [6.07, 6.45) is 0.633. The predicted octanol–water partition coefficient (Wildman–Crippen LogP) is 1.90. The van der Waals surface area contributed by atoms with E-state index in [1.165, 1.54) is 11.3 Å². The maximum Gasteiger partial charge on any atom is 0.326 e. The minimum atomic E-state index is -1.05. The molecule has 128 valence electrons. The molecule has 0 spiro atoms. The van der Waals surface area contributed by atoms with Crippen molar-refractivity contribution in [2.45, 2.75) is 46.6 Å². The molecule has 3 N–H and O–H groups in total. The zero-order valence-electron chi connectivity index (χ0n) is 13.8. The second-order valence-electron chi connectivity index (χ2n) is 5.73. The second kappa shape index (κ2) is 8.61. The summed E-state index contributed by atoms with van der Waals surface area (Å²) in [5, 5.41) is 16.5. The van der Waals surface area contributed by atoms with Crippen LogP contribution in [0.3, 0.4) is 0 Å². The van der Waals surface area contributed by atoms with Crippen molar-refractivity contribution in [3.8, 4) is 0 Å². The van der Waals surface area contributed by atoms with Crippen LogP contribution in [0.1, 0.15) is 39.8 Å². The predicted molar refractivity (Wildman–Crippen MR) is 88.3 cm³/mol. The van der Waals surface area contributed by atoms with Gasteiger partial charge in [-0.3, -0.25) is 9.59 Å². The summed E-state index contributed by atoms with van der Waals surface area (Å²) in [5.74, 6) is -1.90. The first-order chi connectivity index (χ1) is 10.7. The minimum absolute atomic E-state index is 0.0196. The summed E-state index contributed by atoms with van der Waals surface area (Å²) in [6.45, 7) is 7.20. The Labute approximate surface area is 139 Å². The summed E-state index contributed by atoms with van der Waals surface area (Å²) in [5.41, 5.74) is 0.500. The highest BCUT2D eigenvalue weighted by atomic mass is 32.1. The Bertz CT molecular complexity index is 571. The Morgan fingerprint density at radius 2 is 1.96 bits per heavy atom. The minimum Gasteiger partial charge on any atom is -0.480 e. The lowest BCUT2D eigenvalue weighted by Crippen LogP contribution is -2.45. The SMILES string of the molecule is CCC(C)C(NC(=O)Cc1csc(NC(=O)C(C)C)n1)C(=O)O. The number of aliphatic carboxylic acids is 1. The molecule has 2 unspecified atom stereocenters. The molecule has 0 aliphatic rings. The third-order valence-corrected chi connectivity index (χ3v) is 4.25. The van der Waals surface area contributed by atoms with Crippen LogP contribution in [0.4, 0.5) is 5.13 Å². The standard InChI is InChI=1S/C15H23N3O4S/c1-5-9(4)12(14(21)22)17-11(19)6-10-7-23-15(16-10)18-13(20)8(2)3/h7-9,12H,5-6H2,1-4H3,(H,17,19)(H,21,22)(H,16,18,20). The van der Waals surface area contributed by atoms with E-state index in [0.717, 1.165) is 0 Å². The number of thiazole rings is 1. The fourth-order valence-corrected chi connectivity index (χ4v) is 2.48. The lowest BCUT2D eigenvalue weighted by atomic mass is 9.99. The summed E-state index contributed by atoms with van der Waals surface area (Å²) in [4.78, 5) is 38.9. The average Bonchev–Trinajstić information content (AvgIpc) is 2.90. The fraction of sp³-hybridized carbons (Fsp3) is 0.600. The number of carboxylic acid groups (broad SMARTS) is 1. The molecule has 1 rings (SSSR count). The Morgan fingerprint density at radius 3 is 2.48 bits per heavy atom. The van der Waals surface area contributed by atoms with Crippen molar-refractivity contribution in [2.24, 2.45) is 11.8 Å². The first-order valence-corrected chi connectivity index (χ1v) is 8.40. The van der Waals surface area contributed by atoms with Crippen LogP contribution in [-0.4, -0.2) is 33.9 Å². The van der Waals surface area contributed by atoms with Crippen LogP contribution in [0, 0.1) is 11.8 Å². The molecule has 0 saturated carbocycles. The van der Waals surface area contributed by atoms with Gasteiger partial charge < -0.3 is 15.7 Å². The lowest BCUT2D eigenvalue weighted by Gasteiger charge is -2.19. The van der Waals surface area contributed by atoms with E-state index in [0.29, 0.717) is 17.2 Å². The van der Waals surface area contributed by atoms with Crippen molar-refractivity contribution in [1.82, 2.24) is 10.3 Å². The van der Waals surface area contributed by atoms with E-state index >= 15 is 0 Å². The third kappa shape index (κ3) is 5.97. The quantitative estimate of drug-likeness (QED) is 0.669. The average molecular weight is 341 g/mol. The smallest absolute Gasteiger partial charge is 0.326 e. The number of rotatable bonds is 8. The van der Waals surface area contributed by atoms with Gasteiger partial charge in [0.15, 0.2) is 5.13 Å². The first kappa shape index (κ1) is 19.1. The maximum atomic E-state index is 12.0. The molecule has 0 aliphatic heterocycles. The number of hydrogen-bond donors (Lipinski definition) is 3. The highest BCUT2D eigenvalue weighted by Gasteiger charge is 2.25. The number of carbonyl (C=O) groups excluding carboxylic acids is 2. The number of hydrogen-bond acceptors (Lipinski definition) is 5. The number of aromatic nitrogens is 1. The molecule has 1 aromatic heterocycles. The van der Waals surface area contributed by atoms with Crippen LogP contribution in [0.5, 0.6) is 0 Å². The molecule has 1 heterocycles. The molecule has 8 heteroatoms. The molecule has 0 aliphatic carbocycles. The van der Waals surface area contributed by atoms with E-state index in [1.54, 1.807) is 26.2 Å². The normalized spacial score (nSPS) is 13.4. The van der Waals surface area contributed by atoms with Crippen molar-refractivity contribution in [1.29, 1.82) is 0 Å². The Kier molecular flexibility index (Phi) is 7.15. The van der Waals surface area contributed by atoms with E-state index < -0.39 is 17.9 Å². The van der Waals surface area contributed by atoms with E-state index in [2.05, 4.69) is 15.6 Å². The van der Waals surface area contributed by atoms with Gasteiger partial charge in [0.1, 0.15) is 6.04 Å². The molecule has 2 amide bonds. The zero-order valence-corrected chi connectivity index (χ0v) is 14.6. The van der Waals surface area contributed by atoms with Crippen LogP contribution < -0.4 is 10.6 Å².